The first kappa shape index (κ1) is 11.6. The molecule has 0 radical (unpaired) electrons. The number of carbonyl (C=O) groups is 1. The van der Waals surface area contributed by atoms with E-state index >= 15 is 0 Å². The minimum atomic E-state index is -0.648. The first-order valence-corrected chi connectivity index (χ1v) is 6.12. The summed E-state index contributed by atoms with van der Waals surface area (Å²) < 4.78 is 0. The molecule has 0 spiro atoms. The Morgan fingerprint density at radius 3 is 2.57 bits per heavy atom. The van der Waals surface area contributed by atoms with E-state index in [2.05, 4.69) is 19.9 Å². The Morgan fingerprint density at radius 1 is 1.50 bits per heavy atom. The Morgan fingerprint density at radius 2 is 2.14 bits per heavy atom. The van der Waals surface area contributed by atoms with Crippen LogP contribution in [0.2, 0.25) is 0 Å². The van der Waals surface area contributed by atoms with Crippen molar-refractivity contribution in [2.75, 3.05) is 11.5 Å². The van der Waals surface area contributed by atoms with E-state index in [0.717, 1.165) is 24.3 Å². The number of carboxylic acid groups (broad SMARTS) is 1. The van der Waals surface area contributed by atoms with Crippen LogP contribution in [0.1, 0.15) is 33.1 Å². The molecule has 0 aromatic carbocycles. The number of aliphatic carboxylic acids is 1. The maximum Gasteiger partial charge on any atom is 0.303 e. The Bertz CT molecular complexity index is 238. The van der Waals surface area contributed by atoms with E-state index in [9.17, 15) is 4.79 Å². The SMILES string of the molecule is CC(C)=CCSCC1(CC(=O)O)CC1. The van der Waals surface area contributed by atoms with E-state index in [4.69, 9.17) is 5.11 Å². The molecular formula is C11H18O2S. The number of rotatable bonds is 6. The molecule has 0 aromatic heterocycles. The van der Waals surface area contributed by atoms with Gasteiger partial charge in [0.25, 0.3) is 0 Å². The molecule has 1 aliphatic carbocycles. The van der Waals surface area contributed by atoms with Crippen molar-refractivity contribution in [1.29, 1.82) is 0 Å². The van der Waals surface area contributed by atoms with E-state index in [1.807, 2.05) is 11.8 Å². The van der Waals surface area contributed by atoms with E-state index < -0.39 is 5.97 Å². The largest absolute Gasteiger partial charge is 0.481 e. The van der Waals surface area contributed by atoms with Crippen LogP contribution in [0.5, 0.6) is 0 Å². The lowest BCUT2D eigenvalue weighted by Gasteiger charge is -2.10. The van der Waals surface area contributed by atoms with Crippen molar-refractivity contribution in [3.05, 3.63) is 11.6 Å². The zero-order chi connectivity index (χ0) is 10.6. The van der Waals surface area contributed by atoms with Gasteiger partial charge in [-0.15, -0.1) is 0 Å². The maximum atomic E-state index is 10.6. The lowest BCUT2D eigenvalue weighted by Crippen LogP contribution is -2.11. The van der Waals surface area contributed by atoms with Crippen LogP contribution in [0.4, 0.5) is 0 Å². The number of hydrogen-bond donors (Lipinski definition) is 1. The zero-order valence-corrected chi connectivity index (χ0v) is 9.69. The molecule has 0 unspecified atom stereocenters. The van der Waals surface area contributed by atoms with Gasteiger partial charge in [-0.1, -0.05) is 11.6 Å². The molecule has 1 rings (SSSR count). The lowest BCUT2D eigenvalue weighted by atomic mass is 10.1. The van der Waals surface area contributed by atoms with Crippen LogP contribution in [0.25, 0.3) is 0 Å². The Kier molecular flexibility index (Phi) is 4.05. The summed E-state index contributed by atoms with van der Waals surface area (Å²) in [7, 11) is 0. The standard InChI is InChI=1S/C11H18O2S/c1-9(2)3-6-14-8-11(4-5-11)7-10(12)13/h3H,4-8H2,1-2H3,(H,12,13). The Hall–Kier alpha value is -0.440. The number of allylic oxidation sites excluding steroid dienone is 1. The van der Waals surface area contributed by atoms with Crippen LogP contribution in [0.3, 0.4) is 0 Å². The molecule has 0 amide bonds. The number of hydrogen-bond acceptors (Lipinski definition) is 2. The van der Waals surface area contributed by atoms with E-state index in [-0.39, 0.29) is 5.41 Å². The third-order valence-electron chi connectivity index (χ3n) is 2.50. The van der Waals surface area contributed by atoms with Gasteiger partial charge >= 0.3 is 5.97 Å². The third kappa shape index (κ3) is 4.18. The van der Waals surface area contributed by atoms with Gasteiger partial charge in [-0.3, -0.25) is 4.79 Å². The highest BCUT2D eigenvalue weighted by molar-refractivity contribution is 7.99. The van der Waals surface area contributed by atoms with Gasteiger partial charge in [0.2, 0.25) is 0 Å². The van der Waals surface area contributed by atoms with E-state index in [1.165, 1.54) is 5.57 Å². The molecule has 1 fully saturated rings. The van der Waals surface area contributed by atoms with Gasteiger partial charge in [0, 0.05) is 5.75 Å². The minimum absolute atomic E-state index is 0.145. The van der Waals surface area contributed by atoms with Crippen molar-refractivity contribution in [1.82, 2.24) is 0 Å². The summed E-state index contributed by atoms with van der Waals surface area (Å²) >= 11 is 1.85. The number of carboxylic acids is 1. The third-order valence-corrected chi connectivity index (χ3v) is 3.72. The van der Waals surface area contributed by atoms with Crippen LogP contribution < -0.4 is 0 Å². The molecule has 0 saturated heterocycles. The minimum Gasteiger partial charge on any atom is -0.481 e. The van der Waals surface area contributed by atoms with Gasteiger partial charge in [0.05, 0.1) is 6.42 Å². The molecule has 80 valence electrons. The number of thioether (sulfide) groups is 1. The zero-order valence-electron chi connectivity index (χ0n) is 8.88. The van der Waals surface area contributed by atoms with Crippen molar-refractivity contribution < 1.29 is 9.90 Å². The predicted molar refractivity (Wildman–Crippen MR) is 60.7 cm³/mol. The lowest BCUT2D eigenvalue weighted by molar-refractivity contribution is -0.138. The molecule has 2 nitrogen and oxygen atoms in total. The fourth-order valence-corrected chi connectivity index (χ4v) is 2.76. The summed E-state index contributed by atoms with van der Waals surface area (Å²) in [5.74, 6) is 1.37. The highest BCUT2D eigenvalue weighted by Crippen LogP contribution is 2.50. The van der Waals surface area contributed by atoms with Gasteiger partial charge in [-0.05, 0) is 37.9 Å². The average molecular weight is 214 g/mol. The van der Waals surface area contributed by atoms with Gasteiger partial charge in [-0.2, -0.15) is 11.8 Å². The topological polar surface area (TPSA) is 37.3 Å². The molecule has 1 saturated carbocycles. The molecular weight excluding hydrogens is 196 g/mol. The molecule has 0 bridgehead atoms. The smallest absolute Gasteiger partial charge is 0.303 e. The van der Waals surface area contributed by atoms with Crippen LogP contribution in [-0.2, 0) is 4.79 Å². The fraction of sp³-hybridized carbons (Fsp3) is 0.727. The van der Waals surface area contributed by atoms with Crippen LogP contribution in [0.15, 0.2) is 11.6 Å². The second-order valence-electron chi connectivity index (χ2n) is 4.37. The first-order chi connectivity index (χ1) is 6.54. The van der Waals surface area contributed by atoms with E-state index in [1.54, 1.807) is 0 Å². The Balaban J connectivity index is 2.18. The molecule has 0 atom stereocenters. The van der Waals surface area contributed by atoms with Crippen molar-refractivity contribution >= 4 is 17.7 Å². The highest BCUT2D eigenvalue weighted by atomic mass is 32.2. The Labute approximate surface area is 89.8 Å². The van der Waals surface area contributed by atoms with Gasteiger partial charge in [-0.25, -0.2) is 0 Å². The second-order valence-corrected chi connectivity index (χ2v) is 5.40. The van der Waals surface area contributed by atoms with Crippen LogP contribution >= 0.6 is 11.8 Å². The summed E-state index contributed by atoms with van der Waals surface area (Å²) in [5.41, 5.74) is 1.48. The molecule has 1 aliphatic rings. The molecule has 0 heterocycles. The monoisotopic (exact) mass is 214 g/mol. The van der Waals surface area contributed by atoms with Gasteiger partial charge in [0.1, 0.15) is 0 Å². The van der Waals surface area contributed by atoms with E-state index in [0.29, 0.717) is 6.42 Å². The average Bonchev–Trinajstić information content (AvgIpc) is 2.78. The van der Waals surface area contributed by atoms with Crippen molar-refractivity contribution in [3.8, 4) is 0 Å². The van der Waals surface area contributed by atoms with Crippen molar-refractivity contribution in [2.45, 2.75) is 33.1 Å². The molecule has 0 aliphatic heterocycles. The summed E-state index contributed by atoms with van der Waals surface area (Å²) in [6.07, 6.45) is 4.75. The second kappa shape index (κ2) is 4.87. The summed E-state index contributed by atoms with van der Waals surface area (Å²) in [5, 5.41) is 8.71. The summed E-state index contributed by atoms with van der Waals surface area (Å²) in [4.78, 5) is 10.6. The first-order valence-electron chi connectivity index (χ1n) is 4.97. The van der Waals surface area contributed by atoms with Crippen LogP contribution in [-0.4, -0.2) is 22.6 Å². The molecule has 3 heteroatoms. The quantitative estimate of drug-likeness (QED) is 0.545. The summed E-state index contributed by atoms with van der Waals surface area (Å²) in [6, 6.07) is 0. The predicted octanol–water partition coefficient (Wildman–Crippen LogP) is 2.94. The molecule has 0 aromatic rings. The fourth-order valence-electron chi connectivity index (χ4n) is 1.37. The maximum absolute atomic E-state index is 10.6. The van der Waals surface area contributed by atoms with Crippen LogP contribution in [0, 0.1) is 5.41 Å². The highest BCUT2D eigenvalue weighted by Gasteiger charge is 2.43. The van der Waals surface area contributed by atoms with Gasteiger partial charge in [0.15, 0.2) is 0 Å². The molecule has 14 heavy (non-hydrogen) atoms. The normalized spacial score (nSPS) is 17.6. The van der Waals surface area contributed by atoms with Crippen molar-refractivity contribution in [3.63, 3.8) is 0 Å². The van der Waals surface area contributed by atoms with Gasteiger partial charge < -0.3 is 5.11 Å². The summed E-state index contributed by atoms with van der Waals surface area (Å²) in [6.45, 7) is 4.18. The van der Waals surface area contributed by atoms with Crippen molar-refractivity contribution in [2.24, 2.45) is 5.41 Å². The molecule has 1 N–H and O–H groups in total.